The first-order valence-electron chi connectivity index (χ1n) is 3.58. The average molecular weight is 155 g/mol. The number of cyclic esters (lactones) is 1. The van der Waals surface area contributed by atoms with E-state index < -0.39 is 0 Å². The first-order chi connectivity index (χ1) is 5.27. The number of amides is 1. The molecule has 2 heterocycles. The van der Waals surface area contributed by atoms with Gasteiger partial charge in [-0.25, -0.2) is 4.79 Å². The van der Waals surface area contributed by atoms with Crippen molar-refractivity contribution in [3.05, 3.63) is 12.2 Å². The van der Waals surface area contributed by atoms with E-state index in [2.05, 4.69) is 0 Å². The SMILES string of the molecule is C[C@@H]1C=C[C@@H]2COC(=O)N2O1. The maximum atomic E-state index is 10.9. The van der Waals surface area contributed by atoms with E-state index in [9.17, 15) is 4.79 Å². The van der Waals surface area contributed by atoms with Gasteiger partial charge < -0.3 is 4.74 Å². The Morgan fingerprint density at radius 2 is 2.45 bits per heavy atom. The fourth-order valence-electron chi connectivity index (χ4n) is 1.18. The molecule has 0 aliphatic carbocycles. The van der Waals surface area contributed by atoms with E-state index in [1.165, 1.54) is 5.06 Å². The summed E-state index contributed by atoms with van der Waals surface area (Å²) >= 11 is 0. The Bertz CT molecular complexity index is 214. The third-order valence-electron chi connectivity index (χ3n) is 1.74. The average Bonchev–Trinajstić information content (AvgIpc) is 2.33. The third kappa shape index (κ3) is 0.991. The Labute approximate surface area is 64.3 Å². The highest BCUT2D eigenvalue weighted by Crippen LogP contribution is 2.19. The van der Waals surface area contributed by atoms with Crippen molar-refractivity contribution in [3.8, 4) is 0 Å². The Morgan fingerprint density at radius 3 is 3.27 bits per heavy atom. The molecule has 4 heteroatoms. The van der Waals surface area contributed by atoms with Crippen LogP contribution in [0.25, 0.3) is 0 Å². The standard InChI is InChI=1S/C7H9NO3/c1-5-2-3-6-4-10-7(9)8(6)11-5/h2-3,5-6H,4H2,1H3/t5-,6-/m1/s1. The van der Waals surface area contributed by atoms with Crippen LogP contribution in [0.15, 0.2) is 12.2 Å². The van der Waals surface area contributed by atoms with Gasteiger partial charge in [-0.2, -0.15) is 5.06 Å². The summed E-state index contributed by atoms with van der Waals surface area (Å²) in [7, 11) is 0. The summed E-state index contributed by atoms with van der Waals surface area (Å²) < 4.78 is 4.76. The van der Waals surface area contributed by atoms with Crippen molar-refractivity contribution in [2.45, 2.75) is 19.1 Å². The molecule has 0 bridgehead atoms. The van der Waals surface area contributed by atoms with Gasteiger partial charge in [0.1, 0.15) is 18.8 Å². The quantitative estimate of drug-likeness (QED) is 0.483. The van der Waals surface area contributed by atoms with E-state index in [0.29, 0.717) is 6.61 Å². The number of carbonyl (C=O) groups excluding carboxylic acids is 1. The lowest BCUT2D eigenvalue weighted by Gasteiger charge is -2.24. The maximum Gasteiger partial charge on any atom is 0.434 e. The molecule has 0 unspecified atom stereocenters. The van der Waals surface area contributed by atoms with E-state index in [-0.39, 0.29) is 18.2 Å². The van der Waals surface area contributed by atoms with Crippen molar-refractivity contribution in [2.24, 2.45) is 0 Å². The predicted octanol–water partition coefficient (Wildman–Crippen LogP) is 0.697. The second-order valence-corrected chi connectivity index (χ2v) is 2.67. The Hall–Kier alpha value is -1.03. The molecule has 0 N–H and O–H groups in total. The summed E-state index contributed by atoms with van der Waals surface area (Å²) in [5, 5.41) is 1.28. The number of carbonyl (C=O) groups is 1. The largest absolute Gasteiger partial charge is 0.445 e. The molecule has 2 rings (SSSR count). The van der Waals surface area contributed by atoms with Crippen molar-refractivity contribution < 1.29 is 14.4 Å². The van der Waals surface area contributed by atoms with Gasteiger partial charge in [-0.1, -0.05) is 12.2 Å². The van der Waals surface area contributed by atoms with Gasteiger partial charge in [-0.05, 0) is 6.92 Å². The second-order valence-electron chi connectivity index (χ2n) is 2.67. The summed E-state index contributed by atoms with van der Waals surface area (Å²) in [5.41, 5.74) is 0. The molecule has 2 aliphatic rings. The topological polar surface area (TPSA) is 38.8 Å². The Morgan fingerprint density at radius 1 is 1.64 bits per heavy atom. The summed E-state index contributed by atoms with van der Waals surface area (Å²) in [6, 6.07) is -0.0151. The van der Waals surface area contributed by atoms with Crippen LogP contribution in [0.5, 0.6) is 0 Å². The van der Waals surface area contributed by atoms with Crippen molar-refractivity contribution in [2.75, 3.05) is 6.61 Å². The van der Waals surface area contributed by atoms with E-state index in [4.69, 9.17) is 9.57 Å². The van der Waals surface area contributed by atoms with E-state index >= 15 is 0 Å². The highest BCUT2D eigenvalue weighted by atomic mass is 16.7. The number of rotatable bonds is 0. The van der Waals surface area contributed by atoms with E-state index in [1.807, 2.05) is 19.1 Å². The van der Waals surface area contributed by atoms with E-state index in [1.54, 1.807) is 0 Å². The van der Waals surface area contributed by atoms with Gasteiger partial charge in [0.25, 0.3) is 0 Å². The van der Waals surface area contributed by atoms with Gasteiger partial charge in [-0.3, -0.25) is 4.84 Å². The first-order valence-corrected chi connectivity index (χ1v) is 3.58. The van der Waals surface area contributed by atoms with Crippen LogP contribution in [0.2, 0.25) is 0 Å². The third-order valence-corrected chi connectivity index (χ3v) is 1.74. The van der Waals surface area contributed by atoms with Crippen LogP contribution in [0.4, 0.5) is 4.79 Å². The molecular formula is C7H9NO3. The smallest absolute Gasteiger partial charge is 0.434 e. The number of hydrogen-bond donors (Lipinski definition) is 0. The number of hydroxylamine groups is 2. The molecular weight excluding hydrogens is 146 g/mol. The van der Waals surface area contributed by atoms with Crippen molar-refractivity contribution in [1.82, 2.24) is 5.06 Å². The Kier molecular flexibility index (Phi) is 1.35. The van der Waals surface area contributed by atoms with Crippen LogP contribution < -0.4 is 0 Å². The van der Waals surface area contributed by atoms with Crippen LogP contribution in [0, 0.1) is 0 Å². The Balaban J connectivity index is 2.18. The van der Waals surface area contributed by atoms with Gasteiger partial charge in [0, 0.05) is 0 Å². The molecule has 60 valence electrons. The number of ether oxygens (including phenoxy) is 1. The summed E-state index contributed by atoms with van der Waals surface area (Å²) in [6.07, 6.45) is 3.44. The molecule has 11 heavy (non-hydrogen) atoms. The van der Waals surface area contributed by atoms with Gasteiger partial charge in [0.15, 0.2) is 0 Å². The lowest BCUT2D eigenvalue weighted by molar-refractivity contribution is -0.151. The van der Waals surface area contributed by atoms with Gasteiger partial charge >= 0.3 is 6.09 Å². The van der Waals surface area contributed by atoms with Gasteiger partial charge in [-0.15, -0.1) is 0 Å². The summed E-state index contributed by atoms with van der Waals surface area (Å²) in [4.78, 5) is 16.1. The minimum atomic E-state index is -0.383. The molecule has 0 aromatic carbocycles. The molecule has 4 nitrogen and oxygen atoms in total. The zero-order valence-corrected chi connectivity index (χ0v) is 6.19. The monoisotopic (exact) mass is 155 g/mol. The van der Waals surface area contributed by atoms with Crippen LogP contribution in [-0.2, 0) is 9.57 Å². The lowest BCUT2D eigenvalue weighted by atomic mass is 10.2. The highest BCUT2D eigenvalue weighted by molar-refractivity contribution is 5.69. The number of nitrogens with zero attached hydrogens (tertiary/aromatic N) is 1. The second kappa shape index (κ2) is 2.23. The number of fused-ring (bicyclic) bond motifs is 1. The minimum Gasteiger partial charge on any atom is -0.445 e. The molecule has 2 aliphatic heterocycles. The van der Waals surface area contributed by atoms with Crippen molar-refractivity contribution >= 4 is 6.09 Å². The maximum absolute atomic E-state index is 10.9. The molecule has 0 radical (unpaired) electrons. The molecule has 0 spiro atoms. The van der Waals surface area contributed by atoms with Crippen LogP contribution in [0.1, 0.15) is 6.92 Å². The zero-order valence-electron chi connectivity index (χ0n) is 6.19. The van der Waals surface area contributed by atoms with Gasteiger partial charge in [0.05, 0.1) is 0 Å². The first kappa shape index (κ1) is 6.67. The normalized spacial score (nSPS) is 35.4. The fraction of sp³-hybridized carbons (Fsp3) is 0.571. The molecule has 1 fully saturated rings. The zero-order chi connectivity index (χ0) is 7.84. The van der Waals surface area contributed by atoms with Crippen LogP contribution in [0.3, 0.4) is 0 Å². The van der Waals surface area contributed by atoms with Crippen molar-refractivity contribution in [3.63, 3.8) is 0 Å². The van der Waals surface area contributed by atoms with E-state index in [0.717, 1.165) is 0 Å². The molecule has 0 aromatic rings. The van der Waals surface area contributed by atoms with Crippen LogP contribution >= 0.6 is 0 Å². The van der Waals surface area contributed by atoms with Crippen molar-refractivity contribution in [1.29, 1.82) is 0 Å². The predicted molar refractivity (Wildman–Crippen MR) is 36.7 cm³/mol. The summed E-state index contributed by atoms with van der Waals surface area (Å²) in [6.45, 7) is 2.28. The highest BCUT2D eigenvalue weighted by Gasteiger charge is 2.35. The lowest BCUT2D eigenvalue weighted by Crippen LogP contribution is -2.37. The minimum absolute atomic E-state index is 0.0151. The molecule has 0 aromatic heterocycles. The number of hydrogen-bond acceptors (Lipinski definition) is 3. The fourth-order valence-corrected chi connectivity index (χ4v) is 1.18. The molecule has 1 saturated heterocycles. The molecule has 2 atom stereocenters. The molecule has 1 amide bonds. The van der Waals surface area contributed by atoms with Crippen LogP contribution in [-0.4, -0.2) is 29.9 Å². The summed E-state index contributed by atoms with van der Waals surface area (Å²) in [5.74, 6) is 0. The van der Waals surface area contributed by atoms with Gasteiger partial charge in [0.2, 0.25) is 0 Å². The molecule has 0 saturated carbocycles.